The van der Waals surface area contributed by atoms with Gasteiger partial charge in [0.05, 0.1) is 6.20 Å². The van der Waals surface area contributed by atoms with Crippen molar-refractivity contribution in [3.63, 3.8) is 0 Å². The zero-order valence-corrected chi connectivity index (χ0v) is 15.7. The van der Waals surface area contributed by atoms with E-state index in [9.17, 15) is 9.18 Å². The number of anilines is 5. The number of amides is 1. The van der Waals surface area contributed by atoms with Gasteiger partial charge in [-0.1, -0.05) is 12.1 Å². The minimum absolute atomic E-state index is 0.0337. The van der Waals surface area contributed by atoms with Gasteiger partial charge in [-0.2, -0.15) is 4.98 Å². The van der Waals surface area contributed by atoms with Crippen LogP contribution < -0.4 is 21.1 Å². The molecule has 0 radical (unpaired) electrons. The third-order valence-electron chi connectivity index (χ3n) is 3.80. The Labute approximate surface area is 161 Å². The number of hydrazine groups is 1. The third-order valence-corrected chi connectivity index (χ3v) is 3.80. The molecule has 0 saturated carbocycles. The second-order valence-corrected chi connectivity index (χ2v) is 6.10. The molecule has 0 aliphatic carbocycles. The van der Waals surface area contributed by atoms with Crippen LogP contribution >= 0.6 is 0 Å². The number of benzene rings is 1. The maximum absolute atomic E-state index is 14.2. The lowest BCUT2D eigenvalue weighted by atomic mass is 10.1. The van der Waals surface area contributed by atoms with E-state index in [1.165, 1.54) is 5.01 Å². The predicted molar refractivity (Wildman–Crippen MR) is 106 cm³/mol. The maximum Gasteiger partial charge on any atom is 0.229 e. The summed E-state index contributed by atoms with van der Waals surface area (Å²) in [6.07, 6.45) is 1.67. The van der Waals surface area contributed by atoms with Crippen molar-refractivity contribution in [3.05, 3.63) is 59.5 Å². The molecule has 0 aliphatic rings. The Hall–Kier alpha value is -3.59. The number of aromatic nitrogens is 3. The zero-order chi connectivity index (χ0) is 20.1. The van der Waals surface area contributed by atoms with Crippen molar-refractivity contribution in [2.24, 2.45) is 0 Å². The van der Waals surface area contributed by atoms with Gasteiger partial charge in [0, 0.05) is 12.7 Å². The number of nitrogens with zero attached hydrogens (tertiary/aromatic N) is 4. The molecule has 144 valence electrons. The fourth-order valence-corrected chi connectivity index (χ4v) is 2.66. The number of carbonyl (C=O) groups excluding carboxylic acids is 1. The van der Waals surface area contributed by atoms with Crippen molar-refractivity contribution < 1.29 is 9.18 Å². The lowest BCUT2D eigenvalue weighted by molar-refractivity contribution is -0.108. The van der Waals surface area contributed by atoms with E-state index >= 15 is 0 Å². The van der Waals surface area contributed by atoms with Gasteiger partial charge in [0.25, 0.3) is 0 Å². The Kier molecular flexibility index (Phi) is 5.75. The SMILES string of the molecule is CNN(C=O)c1cccc(Nc2nc(Nc3cc(C)cc(C)c3)ncc2F)n1. The van der Waals surface area contributed by atoms with Crippen LogP contribution in [0.3, 0.4) is 0 Å². The normalized spacial score (nSPS) is 10.4. The molecule has 9 heteroatoms. The van der Waals surface area contributed by atoms with Gasteiger partial charge in [-0.05, 0) is 49.2 Å². The molecule has 0 fully saturated rings. The fraction of sp³-hybridized carbons (Fsp3) is 0.158. The monoisotopic (exact) mass is 381 g/mol. The Balaban J connectivity index is 1.84. The van der Waals surface area contributed by atoms with Crippen molar-refractivity contribution in [2.45, 2.75) is 13.8 Å². The van der Waals surface area contributed by atoms with Crippen molar-refractivity contribution in [1.29, 1.82) is 0 Å². The Morgan fingerprint density at radius 3 is 2.50 bits per heavy atom. The highest BCUT2D eigenvalue weighted by molar-refractivity contribution is 5.72. The highest BCUT2D eigenvalue weighted by Gasteiger charge is 2.11. The molecule has 1 amide bonds. The van der Waals surface area contributed by atoms with E-state index in [1.807, 2.05) is 26.0 Å². The fourth-order valence-electron chi connectivity index (χ4n) is 2.66. The van der Waals surface area contributed by atoms with E-state index < -0.39 is 5.82 Å². The topological polar surface area (TPSA) is 95.1 Å². The number of rotatable bonds is 7. The maximum atomic E-state index is 14.2. The minimum Gasteiger partial charge on any atom is -0.324 e. The summed E-state index contributed by atoms with van der Waals surface area (Å²) < 4.78 is 14.2. The molecule has 0 bridgehead atoms. The van der Waals surface area contributed by atoms with E-state index in [0.717, 1.165) is 23.0 Å². The van der Waals surface area contributed by atoms with Crippen LogP contribution in [0.5, 0.6) is 0 Å². The molecular weight excluding hydrogens is 361 g/mol. The summed E-state index contributed by atoms with van der Waals surface area (Å²) in [6, 6.07) is 10.9. The second kappa shape index (κ2) is 8.40. The van der Waals surface area contributed by atoms with Crippen LogP contribution in [0.2, 0.25) is 0 Å². The van der Waals surface area contributed by atoms with Crippen LogP contribution in [0.4, 0.5) is 33.5 Å². The Morgan fingerprint density at radius 2 is 1.82 bits per heavy atom. The van der Waals surface area contributed by atoms with Crippen LogP contribution in [0, 0.1) is 19.7 Å². The number of nitrogens with one attached hydrogen (secondary N) is 3. The molecule has 28 heavy (non-hydrogen) atoms. The van der Waals surface area contributed by atoms with Gasteiger partial charge in [0.1, 0.15) is 5.82 Å². The molecule has 0 saturated heterocycles. The average Bonchev–Trinajstić information content (AvgIpc) is 2.65. The first kappa shape index (κ1) is 19.2. The van der Waals surface area contributed by atoms with E-state index in [2.05, 4.69) is 37.1 Å². The molecule has 1 aromatic carbocycles. The number of pyridine rings is 1. The number of halogens is 1. The van der Waals surface area contributed by atoms with Gasteiger partial charge in [-0.3, -0.25) is 4.79 Å². The van der Waals surface area contributed by atoms with Crippen LogP contribution in [-0.2, 0) is 4.79 Å². The summed E-state index contributed by atoms with van der Waals surface area (Å²) in [7, 11) is 1.59. The number of aryl methyl sites for hydroxylation is 2. The number of hydrogen-bond donors (Lipinski definition) is 3. The molecule has 0 aliphatic heterocycles. The lowest BCUT2D eigenvalue weighted by Gasteiger charge is -2.15. The molecule has 2 aromatic heterocycles. The van der Waals surface area contributed by atoms with Crippen LogP contribution in [0.25, 0.3) is 0 Å². The highest BCUT2D eigenvalue weighted by atomic mass is 19.1. The second-order valence-electron chi connectivity index (χ2n) is 6.10. The molecule has 0 spiro atoms. The summed E-state index contributed by atoms with van der Waals surface area (Å²) in [5.41, 5.74) is 5.67. The molecule has 2 heterocycles. The summed E-state index contributed by atoms with van der Waals surface area (Å²) >= 11 is 0. The standard InChI is InChI=1S/C19H20FN7O/c1-12-7-13(2)9-14(8-12)23-19-22-10-15(20)18(26-19)25-16-5-4-6-17(24-16)27(11-28)21-3/h4-11,21H,1-3H3,(H2,22,23,24,25,26). The van der Waals surface area contributed by atoms with E-state index in [1.54, 1.807) is 25.2 Å². The van der Waals surface area contributed by atoms with Crippen molar-refractivity contribution >= 4 is 35.5 Å². The Morgan fingerprint density at radius 1 is 1.07 bits per heavy atom. The number of hydrogen-bond acceptors (Lipinski definition) is 7. The molecule has 0 atom stereocenters. The molecule has 0 unspecified atom stereocenters. The third kappa shape index (κ3) is 4.57. The van der Waals surface area contributed by atoms with Gasteiger partial charge in [0.15, 0.2) is 17.5 Å². The predicted octanol–water partition coefficient (Wildman–Crippen LogP) is 3.21. The first-order valence-corrected chi connectivity index (χ1v) is 8.52. The van der Waals surface area contributed by atoms with Crippen molar-refractivity contribution in [2.75, 3.05) is 22.7 Å². The van der Waals surface area contributed by atoms with Gasteiger partial charge < -0.3 is 10.6 Å². The summed E-state index contributed by atoms with van der Waals surface area (Å²) in [5, 5.41) is 7.08. The van der Waals surface area contributed by atoms with Crippen molar-refractivity contribution in [3.8, 4) is 0 Å². The Bertz CT molecular complexity index is 976. The average molecular weight is 381 g/mol. The van der Waals surface area contributed by atoms with Gasteiger partial charge in [-0.25, -0.2) is 24.8 Å². The molecule has 3 N–H and O–H groups in total. The van der Waals surface area contributed by atoms with Gasteiger partial charge in [0.2, 0.25) is 12.4 Å². The smallest absolute Gasteiger partial charge is 0.229 e. The first-order valence-electron chi connectivity index (χ1n) is 8.52. The number of carbonyl (C=O) groups is 1. The molecule has 8 nitrogen and oxygen atoms in total. The lowest BCUT2D eigenvalue weighted by Crippen LogP contribution is -2.34. The van der Waals surface area contributed by atoms with Gasteiger partial charge >= 0.3 is 0 Å². The highest BCUT2D eigenvalue weighted by Crippen LogP contribution is 2.22. The summed E-state index contributed by atoms with van der Waals surface area (Å²) in [6.45, 7) is 3.98. The quantitative estimate of drug-likeness (QED) is 0.427. The largest absolute Gasteiger partial charge is 0.324 e. The first-order chi connectivity index (χ1) is 13.5. The van der Waals surface area contributed by atoms with Crippen LogP contribution in [0.1, 0.15) is 11.1 Å². The van der Waals surface area contributed by atoms with Crippen molar-refractivity contribution in [1.82, 2.24) is 20.4 Å². The van der Waals surface area contributed by atoms with E-state index in [0.29, 0.717) is 18.0 Å². The van der Waals surface area contributed by atoms with Crippen LogP contribution in [-0.4, -0.2) is 28.4 Å². The molecule has 3 rings (SSSR count). The van der Waals surface area contributed by atoms with Gasteiger partial charge in [-0.15, -0.1) is 0 Å². The van der Waals surface area contributed by atoms with E-state index in [4.69, 9.17) is 0 Å². The summed E-state index contributed by atoms with van der Waals surface area (Å²) in [5.74, 6) is 0.266. The molecular formula is C19H20FN7O. The summed E-state index contributed by atoms with van der Waals surface area (Å²) in [4.78, 5) is 23.5. The zero-order valence-electron chi connectivity index (χ0n) is 15.7. The minimum atomic E-state index is -0.626. The van der Waals surface area contributed by atoms with E-state index in [-0.39, 0.29) is 11.8 Å². The van der Waals surface area contributed by atoms with Crippen LogP contribution in [0.15, 0.2) is 42.6 Å². The molecule has 3 aromatic rings.